The highest BCUT2D eigenvalue weighted by Crippen LogP contribution is 2.24. The van der Waals surface area contributed by atoms with Crippen LogP contribution in [0.4, 0.5) is 8.78 Å². The van der Waals surface area contributed by atoms with Crippen molar-refractivity contribution in [2.45, 2.75) is 19.8 Å². The maximum absolute atomic E-state index is 13.5. The molecule has 92 valence electrons. The van der Waals surface area contributed by atoms with E-state index in [2.05, 4.69) is 4.74 Å². The van der Waals surface area contributed by atoms with Gasteiger partial charge in [-0.3, -0.25) is 9.59 Å². The number of halogens is 2. The number of carbonyl (C=O) groups excluding carboxylic acids is 2. The van der Waals surface area contributed by atoms with Crippen molar-refractivity contribution in [3.8, 4) is 0 Å². The molecule has 0 spiro atoms. The summed E-state index contributed by atoms with van der Waals surface area (Å²) < 4.78 is 31.6. The highest BCUT2D eigenvalue weighted by Gasteiger charge is 2.31. The lowest BCUT2D eigenvalue weighted by Gasteiger charge is -2.14. The molecular weight excluding hydrogens is 230 g/mol. The highest BCUT2D eigenvalue weighted by molar-refractivity contribution is 6.03. The van der Waals surface area contributed by atoms with Gasteiger partial charge in [0, 0.05) is 5.56 Å². The van der Waals surface area contributed by atoms with Crippen molar-refractivity contribution in [3.63, 3.8) is 0 Å². The van der Waals surface area contributed by atoms with Gasteiger partial charge >= 0.3 is 5.97 Å². The van der Waals surface area contributed by atoms with Crippen LogP contribution in [0.3, 0.4) is 0 Å². The molecule has 0 saturated heterocycles. The number of carbonyl (C=O) groups is 2. The monoisotopic (exact) mass is 242 g/mol. The summed E-state index contributed by atoms with van der Waals surface area (Å²) in [6.45, 7) is 2.68. The molecule has 1 aromatic carbocycles. The van der Waals surface area contributed by atoms with Gasteiger partial charge in [0.1, 0.15) is 23.3 Å². The number of rotatable bonds is 4. The van der Waals surface area contributed by atoms with E-state index in [0.717, 1.165) is 25.1 Å². The van der Waals surface area contributed by atoms with Crippen LogP contribution in [0.15, 0.2) is 18.2 Å². The zero-order valence-electron chi connectivity index (χ0n) is 9.50. The number of ketones is 1. The maximum Gasteiger partial charge on any atom is 0.321 e. The van der Waals surface area contributed by atoms with Crippen molar-refractivity contribution < 1.29 is 23.1 Å². The molecule has 0 aliphatic carbocycles. The van der Waals surface area contributed by atoms with E-state index in [-0.39, 0.29) is 6.61 Å². The molecule has 0 aliphatic rings. The number of hydrogen-bond acceptors (Lipinski definition) is 3. The SMILES string of the molecule is CCOC(=O)C(C(C)=O)c1c(F)cccc1F. The molecule has 1 aromatic rings. The molecule has 0 saturated carbocycles. The van der Waals surface area contributed by atoms with Crippen LogP contribution in [0.2, 0.25) is 0 Å². The smallest absolute Gasteiger partial charge is 0.321 e. The molecule has 1 unspecified atom stereocenters. The minimum absolute atomic E-state index is 0.0404. The van der Waals surface area contributed by atoms with Crippen LogP contribution in [0.5, 0.6) is 0 Å². The summed E-state index contributed by atoms with van der Waals surface area (Å²) in [4.78, 5) is 22.8. The minimum atomic E-state index is -1.55. The topological polar surface area (TPSA) is 43.4 Å². The van der Waals surface area contributed by atoms with Crippen LogP contribution in [0.1, 0.15) is 25.3 Å². The average molecular weight is 242 g/mol. The summed E-state index contributed by atoms with van der Waals surface area (Å²) in [5, 5.41) is 0. The molecular formula is C12H12F2O3. The van der Waals surface area contributed by atoms with Crippen molar-refractivity contribution in [2.75, 3.05) is 6.61 Å². The van der Waals surface area contributed by atoms with E-state index in [9.17, 15) is 18.4 Å². The van der Waals surface area contributed by atoms with E-state index in [1.807, 2.05) is 0 Å². The van der Waals surface area contributed by atoms with Gasteiger partial charge in [0.15, 0.2) is 0 Å². The normalized spacial score (nSPS) is 12.0. The zero-order chi connectivity index (χ0) is 13.0. The lowest BCUT2D eigenvalue weighted by atomic mass is 9.94. The molecule has 1 rings (SSSR count). The van der Waals surface area contributed by atoms with Gasteiger partial charge in [-0.25, -0.2) is 8.78 Å². The van der Waals surface area contributed by atoms with Crippen molar-refractivity contribution in [3.05, 3.63) is 35.4 Å². The first-order valence-corrected chi connectivity index (χ1v) is 5.10. The number of hydrogen-bond donors (Lipinski definition) is 0. The van der Waals surface area contributed by atoms with E-state index < -0.39 is 34.9 Å². The number of esters is 1. The maximum atomic E-state index is 13.5. The summed E-state index contributed by atoms with van der Waals surface area (Å²) in [5.41, 5.74) is -0.557. The summed E-state index contributed by atoms with van der Waals surface area (Å²) in [6, 6.07) is 3.15. The average Bonchev–Trinajstić information content (AvgIpc) is 2.23. The first-order chi connectivity index (χ1) is 7.99. The lowest BCUT2D eigenvalue weighted by molar-refractivity contribution is -0.147. The van der Waals surface area contributed by atoms with Gasteiger partial charge in [0.05, 0.1) is 6.61 Å². The second-order valence-corrected chi connectivity index (χ2v) is 3.43. The van der Waals surface area contributed by atoms with Crippen LogP contribution in [-0.4, -0.2) is 18.4 Å². The van der Waals surface area contributed by atoms with Crippen LogP contribution in [-0.2, 0) is 14.3 Å². The Bertz CT molecular complexity index is 423. The van der Waals surface area contributed by atoms with E-state index in [0.29, 0.717) is 0 Å². The largest absolute Gasteiger partial charge is 0.465 e. The fourth-order valence-electron chi connectivity index (χ4n) is 1.50. The molecule has 17 heavy (non-hydrogen) atoms. The molecule has 0 bridgehead atoms. The summed E-state index contributed by atoms with van der Waals surface area (Å²) in [6.07, 6.45) is 0. The minimum Gasteiger partial charge on any atom is -0.465 e. The van der Waals surface area contributed by atoms with E-state index in [1.165, 1.54) is 0 Å². The molecule has 0 fully saturated rings. The van der Waals surface area contributed by atoms with Gasteiger partial charge in [-0.15, -0.1) is 0 Å². The Morgan fingerprint density at radius 3 is 2.24 bits per heavy atom. The molecule has 5 heteroatoms. The van der Waals surface area contributed by atoms with Crippen LogP contribution in [0, 0.1) is 11.6 Å². The van der Waals surface area contributed by atoms with Crippen LogP contribution < -0.4 is 0 Å². The molecule has 0 N–H and O–H groups in total. The second-order valence-electron chi connectivity index (χ2n) is 3.43. The Morgan fingerprint density at radius 1 is 1.29 bits per heavy atom. The third-order valence-electron chi connectivity index (χ3n) is 2.22. The van der Waals surface area contributed by atoms with E-state index in [4.69, 9.17) is 0 Å². The van der Waals surface area contributed by atoms with Crippen LogP contribution in [0.25, 0.3) is 0 Å². The first-order valence-electron chi connectivity index (χ1n) is 5.10. The lowest BCUT2D eigenvalue weighted by Crippen LogP contribution is -2.24. The summed E-state index contributed by atoms with van der Waals surface area (Å²) in [5.74, 6) is -5.01. The Morgan fingerprint density at radius 2 is 1.82 bits per heavy atom. The van der Waals surface area contributed by atoms with Gasteiger partial charge in [-0.1, -0.05) is 6.07 Å². The van der Waals surface area contributed by atoms with Gasteiger partial charge in [0.25, 0.3) is 0 Å². The van der Waals surface area contributed by atoms with Crippen molar-refractivity contribution in [1.29, 1.82) is 0 Å². The number of ether oxygens (including phenoxy) is 1. The second kappa shape index (κ2) is 5.52. The van der Waals surface area contributed by atoms with Crippen LogP contribution >= 0.6 is 0 Å². The predicted octanol–water partition coefficient (Wildman–Crippen LogP) is 2.20. The van der Waals surface area contributed by atoms with Crippen molar-refractivity contribution >= 4 is 11.8 Å². The predicted molar refractivity (Wildman–Crippen MR) is 56.4 cm³/mol. The molecule has 0 aromatic heterocycles. The number of Topliss-reactive ketones (excluding diaryl/α,β-unsaturated/α-hetero) is 1. The quantitative estimate of drug-likeness (QED) is 0.600. The molecule has 0 amide bonds. The Labute approximate surface area is 97.4 Å². The molecule has 0 aliphatic heterocycles. The third kappa shape index (κ3) is 2.87. The van der Waals surface area contributed by atoms with Gasteiger partial charge in [0.2, 0.25) is 0 Å². The van der Waals surface area contributed by atoms with E-state index in [1.54, 1.807) is 6.92 Å². The van der Waals surface area contributed by atoms with Crippen molar-refractivity contribution in [2.24, 2.45) is 0 Å². The standard InChI is InChI=1S/C12H12F2O3/c1-3-17-12(16)10(7(2)15)11-8(13)5-4-6-9(11)14/h4-6,10H,3H2,1-2H3. The highest BCUT2D eigenvalue weighted by atomic mass is 19.1. The van der Waals surface area contributed by atoms with Gasteiger partial charge in [-0.05, 0) is 26.0 Å². The van der Waals surface area contributed by atoms with E-state index >= 15 is 0 Å². The van der Waals surface area contributed by atoms with Gasteiger partial charge < -0.3 is 4.74 Å². The molecule has 0 radical (unpaired) electrons. The Kier molecular flexibility index (Phi) is 4.31. The third-order valence-corrected chi connectivity index (χ3v) is 2.22. The molecule has 0 heterocycles. The van der Waals surface area contributed by atoms with Gasteiger partial charge in [-0.2, -0.15) is 0 Å². The summed E-state index contributed by atoms with van der Waals surface area (Å²) in [7, 11) is 0. The molecule has 3 nitrogen and oxygen atoms in total. The Hall–Kier alpha value is -1.78. The fraction of sp³-hybridized carbons (Fsp3) is 0.333. The number of benzene rings is 1. The molecule has 1 atom stereocenters. The fourth-order valence-corrected chi connectivity index (χ4v) is 1.50. The summed E-state index contributed by atoms with van der Waals surface area (Å²) >= 11 is 0. The van der Waals surface area contributed by atoms with Crippen molar-refractivity contribution in [1.82, 2.24) is 0 Å². The zero-order valence-corrected chi connectivity index (χ0v) is 9.50. The first kappa shape index (κ1) is 13.3. The Balaban J connectivity index is 3.23.